The minimum absolute atomic E-state index is 0.00297. The van der Waals surface area contributed by atoms with Gasteiger partial charge in [-0.25, -0.2) is 0 Å². The molecule has 0 aromatic carbocycles. The van der Waals surface area contributed by atoms with Gasteiger partial charge in [0.25, 0.3) is 0 Å². The summed E-state index contributed by atoms with van der Waals surface area (Å²) in [5, 5.41) is 0. The zero-order chi connectivity index (χ0) is 22.7. The fraction of sp³-hybridized carbons (Fsp3) is 0.857. The van der Waals surface area contributed by atoms with Crippen LogP contribution in [0.25, 0.3) is 0 Å². The van der Waals surface area contributed by atoms with Gasteiger partial charge >= 0.3 is 0 Å². The number of hydrogen-bond donors (Lipinski definition) is 0. The molecule has 1 heterocycles. The van der Waals surface area contributed by atoms with Crippen molar-refractivity contribution < 1.29 is 9.59 Å². The van der Waals surface area contributed by atoms with E-state index in [4.69, 9.17) is 0 Å². The molecule has 0 aromatic rings. The Bertz CT molecular complexity index is 495. The maximum Gasteiger partial charge on any atom is 0.230 e. The van der Waals surface area contributed by atoms with Gasteiger partial charge in [-0.05, 0) is 26.2 Å². The van der Waals surface area contributed by atoms with Crippen molar-refractivity contribution in [2.24, 2.45) is 0 Å². The highest BCUT2D eigenvalue weighted by Gasteiger charge is 2.35. The number of nitrogens with zero attached hydrogens (tertiary/aromatic N) is 1. The maximum atomic E-state index is 12.3. The largest absolute Gasteiger partial charge is 0.275 e. The SMILES string of the molecule is CCCCCCC=C(C)C(CCCCCCCCCCCCCC)N1C(=O)CCC1=O. The Hall–Kier alpha value is -1.12. The topological polar surface area (TPSA) is 37.4 Å². The third-order valence-electron chi connectivity index (χ3n) is 6.78. The Balaban J connectivity index is 2.29. The number of carbonyl (C=O) groups is 2. The van der Waals surface area contributed by atoms with E-state index in [1.807, 2.05) is 0 Å². The van der Waals surface area contributed by atoms with Crippen LogP contribution < -0.4 is 0 Å². The smallest absolute Gasteiger partial charge is 0.230 e. The van der Waals surface area contributed by atoms with Gasteiger partial charge in [0, 0.05) is 12.8 Å². The highest BCUT2D eigenvalue weighted by Crippen LogP contribution is 2.25. The summed E-state index contributed by atoms with van der Waals surface area (Å²) in [5.74, 6) is 0.0698. The molecule has 0 aliphatic carbocycles. The van der Waals surface area contributed by atoms with Gasteiger partial charge in [0.15, 0.2) is 0 Å². The molecule has 3 nitrogen and oxygen atoms in total. The molecule has 0 radical (unpaired) electrons. The second kappa shape index (κ2) is 18.5. The lowest BCUT2D eigenvalue weighted by Crippen LogP contribution is -2.40. The molecule has 3 heteroatoms. The van der Waals surface area contributed by atoms with Gasteiger partial charge < -0.3 is 0 Å². The van der Waals surface area contributed by atoms with Crippen molar-refractivity contribution in [2.75, 3.05) is 0 Å². The van der Waals surface area contributed by atoms with Crippen LogP contribution in [0, 0.1) is 0 Å². The van der Waals surface area contributed by atoms with Crippen molar-refractivity contribution in [3.63, 3.8) is 0 Å². The highest BCUT2D eigenvalue weighted by molar-refractivity contribution is 6.02. The Morgan fingerprint density at radius 2 is 1.13 bits per heavy atom. The van der Waals surface area contributed by atoms with Crippen molar-refractivity contribution in [3.8, 4) is 0 Å². The van der Waals surface area contributed by atoms with E-state index in [2.05, 4.69) is 26.8 Å². The Kier molecular flexibility index (Phi) is 16.6. The average molecular weight is 434 g/mol. The summed E-state index contributed by atoms with van der Waals surface area (Å²) >= 11 is 0. The fourth-order valence-electron chi connectivity index (χ4n) is 4.72. The minimum atomic E-state index is -0.00297. The van der Waals surface area contributed by atoms with Gasteiger partial charge in [-0.3, -0.25) is 14.5 Å². The van der Waals surface area contributed by atoms with Crippen LogP contribution in [0.1, 0.15) is 149 Å². The third-order valence-corrected chi connectivity index (χ3v) is 6.78. The van der Waals surface area contributed by atoms with Crippen LogP contribution in [0.2, 0.25) is 0 Å². The van der Waals surface area contributed by atoms with E-state index in [9.17, 15) is 9.59 Å². The van der Waals surface area contributed by atoms with Crippen molar-refractivity contribution in [2.45, 2.75) is 155 Å². The fourth-order valence-corrected chi connectivity index (χ4v) is 4.72. The molecule has 1 saturated heterocycles. The van der Waals surface area contributed by atoms with E-state index in [1.54, 1.807) is 4.90 Å². The summed E-state index contributed by atoms with van der Waals surface area (Å²) in [6, 6.07) is -0.00297. The molecule has 1 rings (SSSR count). The standard InChI is InChI=1S/C28H51NO2/c1-4-6-8-10-11-12-13-14-15-16-18-20-22-26(29-27(30)23-24-28(29)31)25(3)21-19-17-9-7-5-2/h21,26H,4-20,22-24H2,1-3H3. The first-order valence-electron chi connectivity index (χ1n) is 13.6. The number of rotatable bonds is 20. The van der Waals surface area contributed by atoms with E-state index in [1.165, 1.54) is 102 Å². The van der Waals surface area contributed by atoms with Gasteiger partial charge in [0.05, 0.1) is 6.04 Å². The summed E-state index contributed by atoms with van der Waals surface area (Å²) < 4.78 is 0. The second-order valence-corrected chi connectivity index (χ2v) is 9.65. The molecule has 1 aliphatic heterocycles. The van der Waals surface area contributed by atoms with Crippen LogP contribution in [0.5, 0.6) is 0 Å². The zero-order valence-electron chi connectivity index (χ0n) is 21.1. The number of hydrogen-bond acceptors (Lipinski definition) is 2. The quantitative estimate of drug-likeness (QED) is 0.110. The van der Waals surface area contributed by atoms with E-state index in [0.717, 1.165) is 19.3 Å². The number of carbonyl (C=O) groups excluding carboxylic acids is 2. The van der Waals surface area contributed by atoms with Gasteiger partial charge in [0.2, 0.25) is 11.8 Å². The van der Waals surface area contributed by atoms with Crippen molar-refractivity contribution in [1.29, 1.82) is 0 Å². The number of unbranched alkanes of at least 4 members (excludes halogenated alkanes) is 15. The lowest BCUT2D eigenvalue weighted by Gasteiger charge is -2.27. The second-order valence-electron chi connectivity index (χ2n) is 9.65. The predicted octanol–water partition coefficient (Wildman–Crippen LogP) is 8.51. The van der Waals surface area contributed by atoms with E-state index >= 15 is 0 Å². The lowest BCUT2D eigenvalue weighted by atomic mass is 9.97. The molecule has 0 saturated carbocycles. The van der Waals surface area contributed by atoms with Gasteiger partial charge in [-0.2, -0.15) is 0 Å². The summed E-state index contributed by atoms with van der Waals surface area (Å²) in [6.45, 7) is 6.63. The molecular formula is C28H51NO2. The van der Waals surface area contributed by atoms with Crippen LogP contribution in [0.15, 0.2) is 11.6 Å². The van der Waals surface area contributed by atoms with Crippen LogP contribution in [-0.4, -0.2) is 22.8 Å². The number of amides is 2. The molecule has 1 atom stereocenters. The molecule has 31 heavy (non-hydrogen) atoms. The predicted molar refractivity (Wildman–Crippen MR) is 133 cm³/mol. The maximum absolute atomic E-state index is 12.3. The Labute approximate surface area is 193 Å². The summed E-state index contributed by atoms with van der Waals surface area (Å²) in [7, 11) is 0. The van der Waals surface area contributed by atoms with Crippen LogP contribution in [0.4, 0.5) is 0 Å². The first-order valence-corrected chi connectivity index (χ1v) is 13.6. The molecule has 1 fully saturated rings. The van der Waals surface area contributed by atoms with Crippen molar-refractivity contribution >= 4 is 11.8 Å². The molecule has 0 bridgehead atoms. The van der Waals surface area contributed by atoms with Crippen LogP contribution in [0.3, 0.4) is 0 Å². The number of imide groups is 1. The first kappa shape index (κ1) is 27.9. The highest BCUT2D eigenvalue weighted by atomic mass is 16.2. The van der Waals surface area contributed by atoms with Crippen molar-refractivity contribution in [1.82, 2.24) is 4.90 Å². The average Bonchev–Trinajstić information content (AvgIpc) is 3.09. The van der Waals surface area contributed by atoms with Crippen LogP contribution >= 0.6 is 0 Å². The van der Waals surface area contributed by atoms with Crippen LogP contribution in [-0.2, 0) is 9.59 Å². The lowest BCUT2D eigenvalue weighted by molar-refractivity contribution is -0.140. The summed E-state index contributed by atoms with van der Waals surface area (Å²) in [4.78, 5) is 26.3. The Morgan fingerprint density at radius 1 is 0.710 bits per heavy atom. The van der Waals surface area contributed by atoms with E-state index in [-0.39, 0.29) is 17.9 Å². The summed E-state index contributed by atoms with van der Waals surface area (Å²) in [6.07, 6.45) is 26.1. The minimum Gasteiger partial charge on any atom is -0.275 e. The van der Waals surface area contributed by atoms with E-state index < -0.39 is 0 Å². The zero-order valence-corrected chi connectivity index (χ0v) is 21.1. The van der Waals surface area contributed by atoms with E-state index in [0.29, 0.717) is 12.8 Å². The molecular weight excluding hydrogens is 382 g/mol. The van der Waals surface area contributed by atoms with Gasteiger partial charge in [-0.1, -0.05) is 122 Å². The molecule has 0 spiro atoms. The van der Waals surface area contributed by atoms with Gasteiger partial charge in [0.1, 0.15) is 0 Å². The molecule has 0 N–H and O–H groups in total. The number of likely N-dealkylation sites (tertiary alicyclic amines) is 1. The third kappa shape index (κ3) is 12.5. The normalized spacial score (nSPS) is 15.8. The molecule has 1 aliphatic rings. The van der Waals surface area contributed by atoms with Crippen molar-refractivity contribution in [3.05, 3.63) is 11.6 Å². The molecule has 180 valence electrons. The summed E-state index contributed by atoms with van der Waals surface area (Å²) in [5.41, 5.74) is 1.23. The number of allylic oxidation sites excluding steroid dienone is 1. The molecule has 1 unspecified atom stereocenters. The molecule has 0 aromatic heterocycles. The van der Waals surface area contributed by atoms with Gasteiger partial charge in [-0.15, -0.1) is 0 Å². The monoisotopic (exact) mass is 433 g/mol. The Morgan fingerprint density at radius 3 is 1.61 bits per heavy atom. The first-order chi connectivity index (χ1) is 15.1. The molecule has 2 amide bonds.